The van der Waals surface area contributed by atoms with Gasteiger partial charge in [-0.1, -0.05) is 17.8 Å². The molecule has 1 N–H and O–H groups in total. The highest BCUT2D eigenvalue weighted by Gasteiger charge is 2.27. The molecule has 1 aromatic carbocycles. The molecule has 126 valence electrons. The number of thioether (sulfide) groups is 1. The minimum atomic E-state index is -0.645. The molecule has 1 aromatic heterocycles. The Morgan fingerprint density at radius 2 is 2.04 bits per heavy atom. The van der Waals surface area contributed by atoms with Crippen LogP contribution in [0.25, 0.3) is 0 Å². The second kappa shape index (κ2) is 6.68. The third-order valence-electron chi connectivity index (χ3n) is 3.55. The van der Waals surface area contributed by atoms with Crippen LogP contribution < -0.4 is 5.32 Å². The van der Waals surface area contributed by atoms with E-state index in [1.807, 2.05) is 0 Å². The van der Waals surface area contributed by atoms with Crippen molar-refractivity contribution in [2.45, 2.75) is 36.2 Å². The summed E-state index contributed by atoms with van der Waals surface area (Å²) >= 11 is 1.04. The van der Waals surface area contributed by atoms with Gasteiger partial charge in [-0.25, -0.2) is 13.8 Å². The summed E-state index contributed by atoms with van der Waals surface area (Å²) < 4.78 is 27.7. The van der Waals surface area contributed by atoms with E-state index in [4.69, 9.17) is 0 Å². The lowest BCUT2D eigenvalue weighted by atomic mass is 10.1. The summed E-state index contributed by atoms with van der Waals surface area (Å²) in [7, 11) is 0. The summed E-state index contributed by atoms with van der Waals surface area (Å²) in [5, 5.41) is 13.7. The van der Waals surface area contributed by atoms with E-state index in [0.717, 1.165) is 30.8 Å². The van der Waals surface area contributed by atoms with Crippen molar-refractivity contribution in [2.24, 2.45) is 0 Å². The molecule has 0 bridgehead atoms. The van der Waals surface area contributed by atoms with Crippen LogP contribution in [0.2, 0.25) is 0 Å². The van der Waals surface area contributed by atoms with Crippen LogP contribution in [0.15, 0.2) is 29.6 Å². The van der Waals surface area contributed by atoms with Crippen LogP contribution in [0.5, 0.6) is 0 Å². The lowest BCUT2D eigenvalue weighted by molar-refractivity contribution is -0.384. The summed E-state index contributed by atoms with van der Waals surface area (Å²) in [4.78, 5) is 18.6. The van der Waals surface area contributed by atoms with E-state index in [-0.39, 0.29) is 28.3 Å². The summed E-state index contributed by atoms with van der Waals surface area (Å²) in [5.74, 6) is -1.15. The number of nitrogens with zero attached hydrogens (tertiary/aromatic N) is 3. The van der Waals surface area contributed by atoms with Crippen molar-refractivity contribution >= 4 is 23.3 Å². The average molecular weight is 352 g/mol. The Kier molecular flexibility index (Phi) is 4.61. The number of hydrogen-bond donors (Lipinski definition) is 1. The zero-order valence-electron chi connectivity index (χ0n) is 12.7. The zero-order valence-corrected chi connectivity index (χ0v) is 13.5. The Labute approximate surface area is 140 Å². The smallest absolute Gasteiger partial charge is 0.329 e. The fourth-order valence-electron chi connectivity index (χ4n) is 2.19. The molecule has 2 aromatic rings. The Morgan fingerprint density at radius 1 is 1.38 bits per heavy atom. The lowest BCUT2D eigenvalue weighted by Crippen LogP contribution is -2.08. The van der Waals surface area contributed by atoms with Crippen LogP contribution in [0.3, 0.4) is 0 Å². The van der Waals surface area contributed by atoms with E-state index in [1.54, 1.807) is 6.92 Å². The first-order chi connectivity index (χ1) is 11.5. The predicted octanol–water partition coefficient (Wildman–Crippen LogP) is 4.09. The quantitative estimate of drug-likeness (QED) is 0.365. The topological polar surface area (TPSA) is 81.0 Å². The number of anilines is 1. The Bertz CT molecular complexity index is 766. The molecule has 1 heterocycles. The van der Waals surface area contributed by atoms with E-state index in [0.29, 0.717) is 0 Å². The molecule has 0 aliphatic heterocycles. The van der Waals surface area contributed by atoms with Crippen molar-refractivity contribution in [3.8, 4) is 0 Å². The number of hydrogen-bond acceptors (Lipinski definition) is 6. The normalized spacial score (nSPS) is 15.1. The molecule has 0 spiro atoms. The van der Waals surface area contributed by atoms with Crippen molar-refractivity contribution in [1.82, 2.24) is 9.97 Å². The van der Waals surface area contributed by atoms with E-state index >= 15 is 0 Å². The minimum Gasteiger partial charge on any atom is -0.361 e. The molecule has 3 rings (SSSR count). The second-order valence-corrected chi connectivity index (χ2v) is 6.77. The molecule has 1 fully saturated rings. The van der Waals surface area contributed by atoms with E-state index in [9.17, 15) is 18.9 Å². The van der Waals surface area contributed by atoms with Gasteiger partial charge in [0, 0.05) is 16.9 Å². The monoisotopic (exact) mass is 352 g/mol. The second-order valence-electron chi connectivity index (χ2n) is 5.46. The van der Waals surface area contributed by atoms with E-state index < -0.39 is 21.8 Å². The molecule has 24 heavy (non-hydrogen) atoms. The molecule has 0 amide bonds. The van der Waals surface area contributed by atoms with E-state index in [2.05, 4.69) is 15.3 Å². The average Bonchev–Trinajstić information content (AvgIpc) is 3.31. The van der Waals surface area contributed by atoms with Crippen molar-refractivity contribution in [2.75, 3.05) is 5.32 Å². The zero-order chi connectivity index (χ0) is 17.3. The van der Waals surface area contributed by atoms with Crippen LogP contribution in [-0.4, -0.2) is 20.9 Å². The van der Waals surface area contributed by atoms with Gasteiger partial charge in [-0.05, 0) is 31.9 Å². The van der Waals surface area contributed by atoms with Crippen LogP contribution in [0.1, 0.15) is 30.6 Å². The molecule has 0 radical (unpaired) electrons. The number of nitrogens with one attached hydrogen (secondary N) is 1. The molecule has 9 heteroatoms. The van der Waals surface area contributed by atoms with Crippen molar-refractivity contribution in [1.29, 1.82) is 0 Å². The van der Waals surface area contributed by atoms with Gasteiger partial charge in [0.05, 0.1) is 4.92 Å². The summed E-state index contributed by atoms with van der Waals surface area (Å²) in [5.41, 5.74) is -0.280. The van der Waals surface area contributed by atoms with Crippen molar-refractivity contribution in [3.63, 3.8) is 0 Å². The predicted molar refractivity (Wildman–Crippen MR) is 86.0 cm³/mol. The molecular weight excluding hydrogens is 338 g/mol. The highest BCUT2D eigenvalue weighted by molar-refractivity contribution is 7.99. The number of aromatic nitrogens is 2. The third-order valence-corrected chi connectivity index (χ3v) is 4.55. The van der Waals surface area contributed by atoms with E-state index in [1.165, 1.54) is 18.2 Å². The Balaban J connectivity index is 1.85. The van der Waals surface area contributed by atoms with Crippen LogP contribution in [0.4, 0.5) is 20.3 Å². The van der Waals surface area contributed by atoms with Crippen LogP contribution >= 0.6 is 11.8 Å². The van der Waals surface area contributed by atoms with Crippen molar-refractivity contribution < 1.29 is 13.7 Å². The molecule has 1 saturated carbocycles. The van der Waals surface area contributed by atoms with Gasteiger partial charge in [0.15, 0.2) is 5.16 Å². The number of rotatable bonds is 6. The maximum atomic E-state index is 13.8. The maximum Gasteiger partial charge on any atom is 0.329 e. The molecule has 1 aliphatic rings. The molecule has 1 aliphatic carbocycles. The molecule has 6 nitrogen and oxygen atoms in total. The SMILES string of the molecule is C[C@H](Sc1ncc([N+](=O)[O-])c(NC2CC2)n1)c1c(F)cccc1F. The largest absolute Gasteiger partial charge is 0.361 e. The number of nitro groups is 1. The summed E-state index contributed by atoms with van der Waals surface area (Å²) in [6, 6.07) is 3.85. The van der Waals surface area contributed by atoms with Gasteiger partial charge in [-0.3, -0.25) is 10.1 Å². The third kappa shape index (κ3) is 3.61. The molecule has 1 atom stereocenters. The highest BCUT2D eigenvalue weighted by Crippen LogP contribution is 2.37. The summed E-state index contributed by atoms with van der Waals surface area (Å²) in [6.45, 7) is 1.63. The fourth-order valence-corrected chi connectivity index (χ4v) is 3.11. The van der Waals surface area contributed by atoms with Gasteiger partial charge in [0.2, 0.25) is 5.82 Å². The minimum absolute atomic E-state index is 0.0684. The van der Waals surface area contributed by atoms with Crippen LogP contribution in [0, 0.1) is 21.7 Å². The lowest BCUT2D eigenvalue weighted by Gasteiger charge is -2.13. The van der Waals surface area contributed by atoms with Crippen LogP contribution in [-0.2, 0) is 0 Å². The van der Waals surface area contributed by atoms with Gasteiger partial charge < -0.3 is 5.32 Å². The fraction of sp³-hybridized carbons (Fsp3) is 0.333. The number of benzene rings is 1. The molecule has 0 unspecified atom stereocenters. The van der Waals surface area contributed by atoms with Crippen molar-refractivity contribution in [3.05, 3.63) is 51.7 Å². The first kappa shape index (κ1) is 16.6. The first-order valence-corrected chi connectivity index (χ1v) is 8.22. The first-order valence-electron chi connectivity index (χ1n) is 7.34. The van der Waals surface area contributed by atoms with Gasteiger partial charge in [-0.15, -0.1) is 0 Å². The summed E-state index contributed by atoms with van der Waals surface area (Å²) in [6.07, 6.45) is 2.98. The van der Waals surface area contributed by atoms with Gasteiger partial charge in [0.25, 0.3) is 0 Å². The van der Waals surface area contributed by atoms with Gasteiger partial charge in [0.1, 0.15) is 17.8 Å². The maximum absolute atomic E-state index is 13.8. The molecule has 0 saturated heterocycles. The Morgan fingerprint density at radius 3 is 2.62 bits per heavy atom. The van der Waals surface area contributed by atoms with Gasteiger partial charge in [-0.2, -0.15) is 4.98 Å². The highest BCUT2D eigenvalue weighted by atomic mass is 32.2. The standard InChI is InChI=1S/C15H14F2N4O2S/c1-8(13-10(16)3-2-4-11(13)17)24-15-18-7-12(21(22)23)14(20-15)19-9-5-6-9/h2-4,7-9H,5-6H2,1H3,(H,18,19,20)/t8-/m0/s1. The molecular formula is C15H14F2N4O2S. The number of halogens is 2. The van der Waals surface area contributed by atoms with Gasteiger partial charge >= 0.3 is 5.69 Å². The Hall–Kier alpha value is -2.29.